The van der Waals surface area contributed by atoms with Gasteiger partial charge in [-0.15, -0.1) is 0 Å². The second kappa shape index (κ2) is 11.2. The van der Waals surface area contributed by atoms with Crippen molar-refractivity contribution in [3.05, 3.63) is 59.3 Å². The molecule has 3 rings (SSSR count). The summed E-state index contributed by atoms with van der Waals surface area (Å²) in [4.78, 5) is 34.0. The van der Waals surface area contributed by atoms with Crippen molar-refractivity contribution in [1.82, 2.24) is 14.8 Å². The van der Waals surface area contributed by atoms with Crippen LogP contribution in [0.2, 0.25) is 0 Å². The quantitative estimate of drug-likeness (QED) is 0.689. The summed E-state index contributed by atoms with van der Waals surface area (Å²) in [7, 11) is 1.74. The highest BCUT2D eigenvalue weighted by molar-refractivity contribution is 5.97. The molecular formula is C27H33N3O4. The van der Waals surface area contributed by atoms with Crippen molar-refractivity contribution in [3.63, 3.8) is 0 Å². The number of aliphatic hydroxyl groups excluding tert-OH is 1. The van der Waals surface area contributed by atoms with Crippen LogP contribution in [0.1, 0.15) is 54.0 Å². The standard InChI is InChI=1S/C27H33N3O4/c1-18(2)11-12-21-13-23-25(28-14-21)34-24(19(3)15-30(27(23)33)20(4)17-31)16-29(5)26(32)22-9-7-6-8-10-22/h6-10,13-14,18-20,24,31H,15-17H2,1-5H3/t19-,20+,24-/m1/s1. The van der Waals surface area contributed by atoms with E-state index in [9.17, 15) is 14.7 Å². The average molecular weight is 464 g/mol. The Labute approximate surface area is 201 Å². The van der Waals surface area contributed by atoms with Crippen molar-refractivity contribution >= 4 is 11.8 Å². The smallest absolute Gasteiger partial charge is 0.259 e. The molecule has 7 nitrogen and oxygen atoms in total. The molecule has 0 spiro atoms. The zero-order chi connectivity index (χ0) is 24.8. The summed E-state index contributed by atoms with van der Waals surface area (Å²) in [6.45, 7) is 8.30. The number of hydrogen-bond acceptors (Lipinski definition) is 5. The Balaban J connectivity index is 1.95. The molecule has 34 heavy (non-hydrogen) atoms. The molecule has 2 amide bonds. The van der Waals surface area contributed by atoms with Gasteiger partial charge < -0.3 is 19.6 Å². The first-order chi connectivity index (χ1) is 16.2. The lowest BCUT2D eigenvalue weighted by Gasteiger charge is -2.37. The summed E-state index contributed by atoms with van der Waals surface area (Å²) >= 11 is 0. The van der Waals surface area contributed by atoms with E-state index in [0.29, 0.717) is 29.8 Å². The first kappa shape index (κ1) is 25.3. The predicted octanol–water partition coefficient (Wildman–Crippen LogP) is 3.08. The van der Waals surface area contributed by atoms with Crippen LogP contribution in [0.5, 0.6) is 5.88 Å². The molecule has 2 aromatic rings. The van der Waals surface area contributed by atoms with Crippen molar-refractivity contribution in [2.24, 2.45) is 11.8 Å². The van der Waals surface area contributed by atoms with E-state index in [0.717, 1.165) is 0 Å². The SMILES string of the molecule is CC(C)C#Cc1cnc2c(c1)C(=O)N([C@@H](C)CO)C[C@@H](C)[C@@H](CN(C)C(=O)c1ccccc1)O2. The Morgan fingerprint density at radius 3 is 2.65 bits per heavy atom. The molecule has 1 N–H and O–H groups in total. The molecule has 7 heteroatoms. The molecule has 0 bridgehead atoms. The second-order valence-electron chi connectivity index (χ2n) is 9.18. The minimum Gasteiger partial charge on any atom is -0.472 e. The molecule has 3 atom stereocenters. The van der Waals surface area contributed by atoms with Crippen molar-refractivity contribution in [2.75, 3.05) is 26.7 Å². The van der Waals surface area contributed by atoms with Gasteiger partial charge >= 0.3 is 0 Å². The number of hydrogen-bond donors (Lipinski definition) is 1. The van der Waals surface area contributed by atoms with E-state index in [-0.39, 0.29) is 42.2 Å². The molecule has 1 aliphatic heterocycles. The summed E-state index contributed by atoms with van der Waals surface area (Å²) in [5.74, 6) is 6.06. The molecule has 0 saturated heterocycles. The van der Waals surface area contributed by atoms with Gasteiger partial charge in [-0.05, 0) is 25.1 Å². The van der Waals surface area contributed by atoms with Gasteiger partial charge in [0.15, 0.2) is 0 Å². The van der Waals surface area contributed by atoms with E-state index in [1.807, 2.05) is 45.9 Å². The van der Waals surface area contributed by atoms with Crippen LogP contribution in [-0.4, -0.2) is 70.6 Å². The summed E-state index contributed by atoms with van der Waals surface area (Å²) < 4.78 is 6.26. The van der Waals surface area contributed by atoms with Crippen LogP contribution in [-0.2, 0) is 0 Å². The first-order valence-corrected chi connectivity index (χ1v) is 11.6. The average Bonchev–Trinajstić information content (AvgIpc) is 2.84. The Hall–Kier alpha value is -3.37. The number of pyridine rings is 1. The van der Waals surface area contributed by atoms with E-state index in [1.54, 1.807) is 41.2 Å². The molecule has 1 aromatic carbocycles. The number of aliphatic hydroxyl groups is 1. The van der Waals surface area contributed by atoms with E-state index in [4.69, 9.17) is 4.74 Å². The zero-order valence-electron chi connectivity index (χ0n) is 20.5. The van der Waals surface area contributed by atoms with Gasteiger partial charge in [-0.3, -0.25) is 9.59 Å². The lowest BCUT2D eigenvalue weighted by Crippen LogP contribution is -2.50. The van der Waals surface area contributed by atoms with E-state index in [1.165, 1.54) is 0 Å². The highest BCUT2D eigenvalue weighted by Gasteiger charge is 2.34. The van der Waals surface area contributed by atoms with Crippen LogP contribution in [0.4, 0.5) is 0 Å². The molecule has 1 aromatic heterocycles. The van der Waals surface area contributed by atoms with Gasteiger partial charge in [-0.25, -0.2) is 4.98 Å². The number of carbonyl (C=O) groups is 2. The maximum absolute atomic E-state index is 13.4. The van der Waals surface area contributed by atoms with Gasteiger partial charge in [0.2, 0.25) is 5.88 Å². The normalized spacial score (nSPS) is 18.7. The van der Waals surface area contributed by atoms with E-state index < -0.39 is 6.10 Å². The summed E-state index contributed by atoms with van der Waals surface area (Å²) in [6, 6.07) is 10.4. The van der Waals surface area contributed by atoms with Gasteiger partial charge in [0.25, 0.3) is 11.8 Å². The minimum absolute atomic E-state index is 0.109. The maximum Gasteiger partial charge on any atom is 0.259 e. The fourth-order valence-corrected chi connectivity index (χ4v) is 3.77. The number of aromatic nitrogens is 1. The molecule has 180 valence electrons. The molecule has 1 aliphatic rings. The van der Waals surface area contributed by atoms with Crippen molar-refractivity contribution in [3.8, 4) is 17.7 Å². The van der Waals surface area contributed by atoms with Gasteiger partial charge in [0, 0.05) is 42.8 Å². The highest BCUT2D eigenvalue weighted by Crippen LogP contribution is 2.27. The Morgan fingerprint density at radius 2 is 2.00 bits per heavy atom. The fraction of sp³-hybridized carbons (Fsp3) is 0.444. The number of benzene rings is 1. The molecule has 2 heterocycles. The second-order valence-corrected chi connectivity index (χ2v) is 9.18. The van der Waals surface area contributed by atoms with Crippen LogP contribution in [0.15, 0.2) is 42.6 Å². The summed E-state index contributed by atoms with van der Waals surface area (Å²) in [5, 5.41) is 9.80. The lowest BCUT2D eigenvalue weighted by atomic mass is 9.99. The lowest BCUT2D eigenvalue weighted by molar-refractivity contribution is 0.0313. The summed E-state index contributed by atoms with van der Waals surface area (Å²) in [6.07, 6.45) is 1.20. The van der Waals surface area contributed by atoms with Gasteiger partial charge in [0.1, 0.15) is 11.7 Å². The third kappa shape index (κ3) is 5.95. The van der Waals surface area contributed by atoms with Crippen molar-refractivity contribution in [1.29, 1.82) is 0 Å². The third-order valence-electron chi connectivity index (χ3n) is 5.85. The highest BCUT2D eigenvalue weighted by atomic mass is 16.5. The number of rotatable bonds is 5. The van der Waals surface area contributed by atoms with Crippen molar-refractivity contribution < 1.29 is 19.4 Å². The molecule has 0 aliphatic carbocycles. The van der Waals surface area contributed by atoms with Crippen molar-refractivity contribution in [2.45, 2.75) is 39.8 Å². The largest absolute Gasteiger partial charge is 0.472 e. The number of amides is 2. The minimum atomic E-state index is -0.405. The zero-order valence-corrected chi connectivity index (χ0v) is 20.5. The monoisotopic (exact) mass is 463 g/mol. The fourth-order valence-electron chi connectivity index (χ4n) is 3.77. The maximum atomic E-state index is 13.4. The van der Waals surface area contributed by atoms with Crippen LogP contribution in [0.3, 0.4) is 0 Å². The van der Waals surface area contributed by atoms with Gasteiger partial charge in [-0.2, -0.15) is 0 Å². The van der Waals surface area contributed by atoms with E-state index >= 15 is 0 Å². The van der Waals surface area contributed by atoms with Gasteiger partial charge in [-0.1, -0.05) is 50.8 Å². The number of ether oxygens (including phenoxy) is 1. The number of nitrogens with zero attached hydrogens (tertiary/aromatic N) is 3. The predicted molar refractivity (Wildman–Crippen MR) is 131 cm³/mol. The number of carbonyl (C=O) groups excluding carboxylic acids is 2. The molecular weight excluding hydrogens is 430 g/mol. The summed E-state index contributed by atoms with van der Waals surface area (Å²) in [5.41, 5.74) is 1.54. The number of fused-ring (bicyclic) bond motifs is 1. The molecule has 0 unspecified atom stereocenters. The first-order valence-electron chi connectivity index (χ1n) is 11.6. The van der Waals surface area contributed by atoms with Crippen LogP contribution < -0.4 is 4.74 Å². The molecule has 0 saturated carbocycles. The third-order valence-corrected chi connectivity index (χ3v) is 5.85. The van der Waals surface area contributed by atoms with Crippen LogP contribution >= 0.6 is 0 Å². The van der Waals surface area contributed by atoms with Crippen LogP contribution in [0, 0.1) is 23.7 Å². The van der Waals surface area contributed by atoms with Crippen LogP contribution in [0.25, 0.3) is 0 Å². The Bertz CT molecular complexity index is 1070. The van der Waals surface area contributed by atoms with Gasteiger partial charge in [0.05, 0.1) is 19.2 Å². The Morgan fingerprint density at radius 1 is 1.29 bits per heavy atom. The molecule has 0 fully saturated rings. The van der Waals surface area contributed by atoms with E-state index in [2.05, 4.69) is 16.8 Å². The topological polar surface area (TPSA) is 83.0 Å². The number of likely N-dealkylation sites (N-methyl/N-ethyl adjacent to an activating group) is 1. The Kier molecular flexibility index (Phi) is 8.30. The molecule has 0 radical (unpaired) electrons.